The molecule has 1 fully saturated rings. The van der Waals surface area contributed by atoms with Crippen LogP contribution in [0.5, 0.6) is 0 Å². The van der Waals surface area contributed by atoms with E-state index >= 15 is 0 Å². The molecule has 0 saturated carbocycles. The van der Waals surface area contributed by atoms with Crippen molar-refractivity contribution < 1.29 is 13.5 Å². The van der Waals surface area contributed by atoms with Gasteiger partial charge in [0, 0.05) is 46.3 Å². The molecule has 1 rings (SSSR count). The Morgan fingerprint density at radius 3 is 2.50 bits per heavy atom. The molecule has 1 aliphatic heterocycles. The third-order valence-corrected chi connectivity index (χ3v) is 5.70. The second-order valence-corrected chi connectivity index (χ2v) is 8.25. The van der Waals surface area contributed by atoms with Crippen molar-refractivity contribution >= 4 is 10.0 Å². The lowest BCUT2D eigenvalue weighted by atomic mass is 10.1. The van der Waals surface area contributed by atoms with E-state index in [1.807, 2.05) is 6.92 Å². The van der Waals surface area contributed by atoms with Gasteiger partial charge in [0.2, 0.25) is 10.0 Å². The Kier molecular flexibility index (Phi) is 6.87. The average molecular weight is 307 g/mol. The number of hydrogen-bond acceptors (Lipinski definition) is 5. The number of nitrogens with zero attached hydrogens (tertiary/aromatic N) is 3. The minimum atomic E-state index is -3.08. The van der Waals surface area contributed by atoms with Crippen molar-refractivity contribution in [3.8, 4) is 0 Å². The van der Waals surface area contributed by atoms with Crippen molar-refractivity contribution in [2.75, 3.05) is 52.6 Å². The molecule has 1 aliphatic rings. The summed E-state index contributed by atoms with van der Waals surface area (Å²) >= 11 is 0. The molecule has 0 unspecified atom stereocenters. The smallest absolute Gasteiger partial charge is 0.213 e. The van der Waals surface area contributed by atoms with Crippen LogP contribution in [0.4, 0.5) is 0 Å². The molecule has 2 atom stereocenters. The van der Waals surface area contributed by atoms with Crippen LogP contribution in [0.25, 0.3) is 0 Å². The first kappa shape index (κ1) is 17.8. The molecule has 0 aliphatic carbocycles. The normalized spacial score (nSPS) is 24.2. The Labute approximate surface area is 123 Å². The van der Waals surface area contributed by atoms with Gasteiger partial charge in [-0.25, -0.2) is 12.7 Å². The summed E-state index contributed by atoms with van der Waals surface area (Å²) in [5, 5.41) is 9.44. The summed E-state index contributed by atoms with van der Waals surface area (Å²) in [6.45, 7) is 8.32. The molecule has 6 nitrogen and oxygen atoms in total. The van der Waals surface area contributed by atoms with Crippen LogP contribution in [0.3, 0.4) is 0 Å². The van der Waals surface area contributed by atoms with Crippen LogP contribution in [0.1, 0.15) is 20.3 Å². The van der Waals surface area contributed by atoms with E-state index in [1.54, 1.807) is 14.1 Å². The summed E-state index contributed by atoms with van der Waals surface area (Å²) in [4.78, 5) is 4.60. The van der Waals surface area contributed by atoms with E-state index in [0.29, 0.717) is 19.0 Å². The van der Waals surface area contributed by atoms with E-state index in [9.17, 15) is 13.5 Å². The lowest BCUT2D eigenvalue weighted by Crippen LogP contribution is -2.53. The standard InChI is InChI=1S/C13H29N3O3S/c1-12-10-15(7-8-16(12)11-13(2)17)6-5-9-20(18,19)14(3)4/h12-13,17H,5-11H2,1-4H3/t12-,13+/m1/s1. The SMILES string of the molecule is C[C@H](O)CN1CCN(CCCS(=O)(=O)N(C)C)C[C@H]1C. The topological polar surface area (TPSA) is 64.1 Å². The minimum absolute atomic E-state index is 0.211. The second-order valence-electron chi connectivity index (χ2n) is 5.95. The van der Waals surface area contributed by atoms with Crippen LogP contribution in [-0.4, -0.2) is 92.3 Å². The molecule has 1 saturated heterocycles. The number of aliphatic hydroxyl groups excluding tert-OH is 1. The first-order chi connectivity index (χ1) is 9.22. The number of aliphatic hydroxyl groups is 1. The highest BCUT2D eigenvalue weighted by molar-refractivity contribution is 7.89. The third-order valence-electron chi connectivity index (χ3n) is 3.78. The van der Waals surface area contributed by atoms with Gasteiger partial charge in [0.15, 0.2) is 0 Å². The first-order valence-electron chi connectivity index (χ1n) is 7.27. The minimum Gasteiger partial charge on any atom is -0.392 e. The average Bonchev–Trinajstić information content (AvgIpc) is 2.31. The number of hydrogen-bond donors (Lipinski definition) is 1. The second kappa shape index (κ2) is 7.70. The molecule has 0 spiro atoms. The Bertz CT molecular complexity index is 384. The predicted molar refractivity (Wildman–Crippen MR) is 81.2 cm³/mol. The van der Waals surface area contributed by atoms with E-state index in [4.69, 9.17) is 0 Å². The van der Waals surface area contributed by atoms with Crippen molar-refractivity contribution in [3.05, 3.63) is 0 Å². The van der Waals surface area contributed by atoms with Crippen molar-refractivity contribution in [1.29, 1.82) is 0 Å². The zero-order valence-electron chi connectivity index (χ0n) is 13.1. The number of sulfonamides is 1. The molecule has 1 N–H and O–H groups in total. The summed E-state index contributed by atoms with van der Waals surface area (Å²) in [6.07, 6.45) is 0.373. The molecule has 0 aromatic rings. The molecule has 7 heteroatoms. The Hall–Kier alpha value is -0.210. The summed E-state index contributed by atoms with van der Waals surface area (Å²) < 4.78 is 24.7. The zero-order chi connectivity index (χ0) is 15.3. The predicted octanol–water partition coefficient (Wildman–Crippen LogP) is -0.345. The lowest BCUT2D eigenvalue weighted by Gasteiger charge is -2.40. The lowest BCUT2D eigenvalue weighted by molar-refractivity contribution is 0.0453. The van der Waals surface area contributed by atoms with Crippen LogP contribution >= 0.6 is 0 Å². The Balaban J connectivity index is 2.31. The maximum atomic E-state index is 11.7. The molecule has 0 aromatic heterocycles. The molecule has 1 heterocycles. The van der Waals surface area contributed by atoms with E-state index in [-0.39, 0.29) is 11.9 Å². The van der Waals surface area contributed by atoms with Crippen molar-refractivity contribution in [2.45, 2.75) is 32.4 Å². The van der Waals surface area contributed by atoms with Gasteiger partial charge in [0.1, 0.15) is 0 Å². The highest BCUT2D eigenvalue weighted by Gasteiger charge is 2.24. The molecule has 20 heavy (non-hydrogen) atoms. The fourth-order valence-corrected chi connectivity index (χ4v) is 3.40. The fourth-order valence-electron chi connectivity index (χ4n) is 2.54. The van der Waals surface area contributed by atoms with E-state index in [1.165, 1.54) is 4.31 Å². The highest BCUT2D eigenvalue weighted by atomic mass is 32.2. The van der Waals surface area contributed by atoms with E-state index in [0.717, 1.165) is 26.2 Å². The molecular weight excluding hydrogens is 278 g/mol. The van der Waals surface area contributed by atoms with Gasteiger partial charge >= 0.3 is 0 Å². The zero-order valence-corrected chi connectivity index (χ0v) is 13.9. The summed E-state index contributed by atoms with van der Waals surface area (Å²) in [5.74, 6) is 0.211. The summed E-state index contributed by atoms with van der Waals surface area (Å²) in [7, 11) is 0.0752. The van der Waals surface area contributed by atoms with Gasteiger partial charge in [-0.05, 0) is 26.8 Å². The van der Waals surface area contributed by atoms with Gasteiger partial charge in [-0.1, -0.05) is 0 Å². The van der Waals surface area contributed by atoms with Gasteiger partial charge < -0.3 is 10.0 Å². The first-order valence-corrected chi connectivity index (χ1v) is 8.88. The molecule has 0 amide bonds. The molecule has 0 aromatic carbocycles. The van der Waals surface area contributed by atoms with E-state index in [2.05, 4.69) is 16.7 Å². The number of rotatable bonds is 7. The largest absolute Gasteiger partial charge is 0.392 e. The van der Waals surface area contributed by atoms with Gasteiger partial charge in [-0.15, -0.1) is 0 Å². The summed E-state index contributed by atoms with van der Waals surface area (Å²) in [5.41, 5.74) is 0. The molecule has 0 bridgehead atoms. The molecule has 0 radical (unpaired) electrons. The maximum Gasteiger partial charge on any atom is 0.213 e. The van der Waals surface area contributed by atoms with Crippen LogP contribution in [0, 0.1) is 0 Å². The monoisotopic (exact) mass is 307 g/mol. The number of piperazine rings is 1. The Morgan fingerprint density at radius 1 is 1.35 bits per heavy atom. The van der Waals surface area contributed by atoms with Gasteiger partial charge in [0.05, 0.1) is 11.9 Å². The Morgan fingerprint density at radius 2 is 2.00 bits per heavy atom. The van der Waals surface area contributed by atoms with Crippen LogP contribution in [-0.2, 0) is 10.0 Å². The quantitative estimate of drug-likeness (QED) is 0.697. The summed E-state index contributed by atoms with van der Waals surface area (Å²) in [6, 6.07) is 0.406. The van der Waals surface area contributed by atoms with Gasteiger partial charge in [0.25, 0.3) is 0 Å². The molecule has 120 valence electrons. The van der Waals surface area contributed by atoms with Gasteiger partial charge in [-0.3, -0.25) is 4.90 Å². The highest BCUT2D eigenvalue weighted by Crippen LogP contribution is 2.11. The maximum absolute atomic E-state index is 11.7. The van der Waals surface area contributed by atoms with Crippen LogP contribution < -0.4 is 0 Å². The molecular formula is C13H29N3O3S. The van der Waals surface area contributed by atoms with Crippen LogP contribution in [0.15, 0.2) is 0 Å². The van der Waals surface area contributed by atoms with E-state index < -0.39 is 10.0 Å². The van der Waals surface area contributed by atoms with Crippen molar-refractivity contribution in [2.24, 2.45) is 0 Å². The van der Waals surface area contributed by atoms with Crippen LogP contribution in [0.2, 0.25) is 0 Å². The fraction of sp³-hybridized carbons (Fsp3) is 1.00. The van der Waals surface area contributed by atoms with Crippen molar-refractivity contribution in [1.82, 2.24) is 14.1 Å². The van der Waals surface area contributed by atoms with Gasteiger partial charge in [-0.2, -0.15) is 0 Å². The third kappa shape index (κ3) is 5.65. The van der Waals surface area contributed by atoms with Crippen molar-refractivity contribution in [3.63, 3.8) is 0 Å². The number of β-amino-alcohol motifs (C(OH)–C–C–N with tert-alkyl or cyclic N) is 1.